The van der Waals surface area contributed by atoms with Crippen molar-refractivity contribution < 1.29 is 38.6 Å². The number of amides is 4. The van der Waals surface area contributed by atoms with E-state index < -0.39 is 65.0 Å². The van der Waals surface area contributed by atoms with Gasteiger partial charge in [-0.15, -0.1) is 11.8 Å². The summed E-state index contributed by atoms with van der Waals surface area (Å²) in [5.74, 6) is -0.903. The maximum Gasteiger partial charge on any atom is 0.329 e. The fourth-order valence-electron chi connectivity index (χ4n) is 8.25. The Morgan fingerprint density at radius 2 is 1.66 bits per heavy atom. The third kappa shape index (κ3) is 11.8. The van der Waals surface area contributed by atoms with Crippen molar-refractivity contribution in [3.05, 3.63) is 29.8 Å². The fraction of sp³-hybridized carbons (Fsp3) is 0.733. The van der Waals surface area contributed by atoms with Crippen molar-refractivity contribution in [2.75, 3.05) is 33.5 Å². The summed E-state index contributed by atoms with van der Waals surface area (Å²) in [7, 11) is 4.70. The van der Waals surface area contributed by atoms with Gasteiger partial charge in [-0.2, -0.15) is 0 Å². The van der Waals surface area contributed by atoms with E-state index in [4.69, 9.17) is 14.5 Å². The second-order valence-corrected chi connectivity index (χ2v) is 19.8. The Morgan fingerprint density at radius 1 is 1.00 bits per heavy atom. The molecule has 9 atom stereocenters. The number of benzene rings is 1. The fourth-order valence-corrected chi connectivity index (χ4v) is 9.57. The number of aliphatic imine (C=N–C) groups is 1. The van der Waals surface area contributed by atoms with E-state index in [0.29, 0.717) is 56.6 Å². The molecule has 59 heavy (non-hydrogen) atoms. The van der Waals surface area contributed by atoms with Crippen molar-refractivity contribution >= 4 is 46.4 Å². The Labute approximate surface area is 356 Å². The molecule has 4 rings (SSSR count). The van der Waals surface area contributed by atoms with E-state index in [1.165, 1.54) is 9.80 Å². The number of carbonyl (C=O) groups excluding carboxylic acids is 5. The number of nitrogens with zero attached hydrogens (tertiary/aromatic N) is 4. The molecule has 0 radical (unpaired) electrons. The zero-order valence-electron chi connectivity index (χ0n) is 37.6. The molecule has 2 bridgehead atoms. The van der Waals surface area contributed by atoms with Crippen molar-refractivity contribution in [2.24, 2.45) is 27.7 Å². The normalized spacial score (nSPS) is 30.5. The molecule has 2 N–H and O–H groups in total. The van der Waals surface area contributed by atoms with Crippen LogP contribution in [0.1, 0.15) is 113 Å². The number of rotatable bonds is 5. The van der Waals surface area contributed by atoms with Gasteiger partial charge in [0.25, 0.3) is 0 Å². The first-order valence-electron chi connectivity index (χ1n) is 21.5. The van der Waals surface area contributed by atoms with Crippen LogP contribution in [-0.2, 0) is 35.1 Å². The quantitative estimate of drug-likeness (QED) is 0.366. The van der Waals surface area contributed by atoms with Crippen molar-refractivity contribution in [3.8, 4) is 5.75 Å². The van der Waals surface area contributed by atoms with Crippen LogP contribution < -0.4 is 10.1 Å². The van der Waals surface area contributed by atoms with Gasteiger partial charge in [-0.1, -0.05) is 73.9 Å². The first kappa shape index (κ1) is 48.0. The number of methoxy groups -OCH3 is 1. The number of aliphatic hydroxyl groups excluding tert-OH is 1. The zero-order chi connectivity index (χ0) is 44.0. The van der Waals surface area contributed by atoms with Gasteiger partial charge in [-0.3, -0.25) is 24.2 Å². The zero-order valence-corrected chi connectivity index (χ0v) is 38.4. The maximum atomic E-state index is 14.6. The molecule has 1 unspecified atom stereocenters. The van der Waals surface area contributed by atoms with Crippen LogP contribution in [0, 0.1) is 22.7 Å². The molecular formula is C45H71N5O8S. The number of aliphatic hydroxyl groups is 1. The number of likely N-dealkylation sites (N-methyl/N-ethyl adjacent to an activating group) is 2. The molecule has 3 heterocycles. The van der Waals surface area contributed by atoms with Gasteiger partial charge in [0.15, 0.2) is 0 Å². The highest BCUT2D eigenvalue weighted by Crippen LogP contribution is 2.39. The van der Waals surface area contributed by atoms with E-state index >= 15 is 0 Å². The molecule has 1 saturated heterocycles. The van der Waals surface area contributed by atoms with Crippen LogP contribution >= 0.6 is 11.8 Å². The summed E-state index contributed by atoms with van der Waals surface area (Å²) in [6.07, 6.45) is 2.23. The molecule has 1 fully saturated rings. The maximum absolute atomic E-state index is 14.6. The molecule has 0 aromatic heterocycles. The van der Waals surface area contributed by atoms with Gasteiger partial charge in [-0.05, 0) is 74.0 Å². The number of carbonyl (C=O) groups is 5. The first-order valence-corrected chi connectivity index (χ1v) is 22.4. The lowest BCUT2D eigenvalue weighted by molar-refractivity contribution is -0.166. The smallest absolute Gasteiger partial charge is 0.329 e. The summed E-state index contributed by atoms with van der Waals surface area (Å²) >= 11 is 1.60. The number of thioether (sulfide) groups is 1. The minimum absolute atomic E-state index is 0.00766. The number of cyclic esters (lactones) is 1. The van der Waals surface area contributed by atoms with Crippen LogP contribution in [0.4, 0.5) is 0 Å². The van der Waals surface area contributed by atoms with E-state index in [-0.39, 0.29) is 42.5 Å². The van der Waals surface area contributed by atoms with E-state index in [9.17, 15) is 29.1 Å². The molecule has 3 aliphatic rings. The predicted molar refractivity (Wildman–Crippen MR) is 232 cm³/mol. The van der Waals surface area contributed by atoms with E-state index in [1.54, 1.807) is 56.9 Å². The van der Waals surface area contributed by atoms with Gasteiger partial charge in [0.1, 0.15) is 36.0 Å². The summed E-state index contributed by atoms with van der Waals surface area (Å²) < 4.78 is 11.6. The van der Waals surface area contributed by atoms with Gasteiger partial charge < -0.3 is 34.6 Å². The predicted octanol–water partition coefficient (Wildman–Crippen LogP) is 5.50. The van der Waals surface area contributed by atoms with Crippen LogP contribution in [0.15, 0.2) is 29.3 Å². The second kappa shape index (κ2) is 20.3. The Balaban J connectivity index is 1.71. The van der Waals surface area contributed by atoms with Crippen molar-refractivity contribution in [3.63, 3.8) is 0 Å². The van der Waals surface area contributed by atoms with Gasteiger partial charge in [0.2, 0.25) is 23.6 Å². The Bertz CT molecular complexity index is 1680. The van der Waals surface area contributed by atoms with Gasteiger partial charge in [0, 0.05) is 44.6 Å². The molecule has 4 amide bonds. The highest BCUT2D eigenvalue weighted by atomic mass is 32.2. The largest absolute Gasteiger partial charge is 0.497 e. The molecule has 3 aliphatic heterocycles. The molecule has 330 valence electrons. The number of ether oxygens (including phenoxy) is 2. The van der Waals surface area contributed by atoms with E-state index in [1.807, 2.05) is 60.6 Å². The minimum Gasteiger partial charge on any atom is -0.497 e. The summed E-state index contributed by atoms with van der Waals surface area (Å²) in [5, 5.41) is 15.5. The molecule has 0 saturated carbocycles. The highest BCUT2D eigenvalue weighted by molar-refractivity contribution is 8.14. The van der Waals surface area contributed by atoms with Crippen LogP contribution in [0.2, 0.25) is 0 Å². The molecule has 1 aromatic rings. The Kier molecular flexibility index (Phi) is 16.5. The molecule has 0 spiro atoms. The van der Waals surface area contributed by atoms with Gasteiger partial charge in [-0.25, -0.2) is 4.79 Å². The van der Waals surface area contributed by atoms with Crippen molar-refractivity contribution in [2.45, 2.75) is 156 Å². The topological polar surface area (TPSA) is 158 Å². The molecular weight excluding hydrogens is 771 g/mol. The molecule has 0 aliphatic carbocycles. The lowest BCUT2D eigenvalue weighted by Gasteiger charge is -2.39. The van der Waals surface area contributed by atoms with Crippen molar-refractivity contribution in [1.29, 1.82) is 0 Å². The summed E-state index contributed by atoms with van der Waals surface area (Å²) in [6, 6.07) is 3.47. The molecule has 1 aromatic carbocycles. The van der Waals surface area contributed by atoms with Crippen LogP contribution in [-0.4, -0.2) is 130 Å². The third-order valence-corrected chi connectivity index (χ3v) is 14.3. The first-order chi connectivity index (χ1) is 27.6. The van der Waals surface area contributed by atoms with Crippen LogP contribution in [0.5, 0.6) is 5.75 Å². The minimum atomic E-state index is -0.982. The SMILES string of the molecule is CC[C@H](C)[C@H]1C(=O)N2CCC[C@H]2C(=O)O[C@H](C(C)(C)C)C[C@@H](C)C[C@H](O)C(C)(C)C2=NC(CCC(=O)N[C@@H](Cc3ccc(OC)cc3)C(=O)N(C)[C@@H](C)C(=O)N1C)CS2. The van der Waals surface area contributed by atoms with Crippen LogP contribution in [0.25, 0.3) is 0 Å². The van der Waals surface area contributed by atoms with Crippen molar-refractivity contribution in [1.82, 2.24) is 20.0 Å². The highest BCUT2D eigenvalue weighted by Gasteiger charge is 2.45. The third-order valence-electron chi connectivity index (χ3n) is 12.8. The monoisotopic (exact) mass is 842 g/mol. The average Bonchev–Trinajstić information content (AvgIpc) is 3.89. The number of fused-ring (bicyclic) bond motifs is 2. The van der Waals surface area contributed by atoms with Gasteiger partial charge in [0.05, 0.1) is 24.3 Å². The van der Waals surface area contributed by atoms with E-state index in [2.05, 4.69) is 12.2 Å². The number of hydrogen-bond donors (Lipinski definition) is 2. The number of esters is 1. The molecule has 13 nitrogen and oxygen atoms in total. The Morgan fingerprint density at radius 3 is 2.27 bits per heavy atom. The number of nitrogens with one attached hydrogen (secondary N) is 1. The van der Waals surface area contributed by atoms with Gasteiger partial charge >= 0.3 is 5.97 Å². The Hall–Kier alpha value is -3.65. The summed E-state index contributed by atoms with van der Waals surface area (Å²) in [4.78, 5) is 80.3. The van der Waals surface area contributed by atoms with Crippen LogP contribution in [0.3, 0.4) is 0 Å². The van der Waals surface area contributed by atoms with E-state index in [0.717, 1.165) is 10.6 Å². The average molecular weight is 842 g/mol. The number of hydrogen-bond acceptors (Lipinski definition) is 10. The standard InChI is InChI=1S/C45H71N5O8S/c1-13-28(3)38-41(55)50-22-14-15-34(50)42(56)58-36(44(5,6)7)24-27(2)23-35(51)45(8,9)43-46-31(26-59-43)18-21-37(52)47-33(25-30-16-19-32(57-12)20-17-30)40(54)48(10)29(4)39(53)49(38)11/h16-17,19-20,27-29,31,33-36,38,51H,13-15,18,21-26H2,1-12H3,(H,47,52)/t27-,28-,29-,31?,33-,34-,35-,36-,38-/m0/s1. The second-order valence-electron chi connectivity index (χ2n) is 18.8. The summed E-state index contributed by atoms with van der Waals surface area (Å²) in [6.45, 7) is 18.0. The lowest BCUT2D eigenvalue weighted by Crippen LogP contribution is -2.59. The molecule has 14 heteroatoms. The lowest BCUT2D eigenvalue weighted by atomic mass is 9.78. The summed E-state index contributed by atoms with van der Waals surface area (Å²) in [5.41, 5.74) is -0.260.